The maximum absolute atomic E-state index is 12.4. The molecule has 5 nitrogen and oxygen atoms in total. The van der Waals surface area contributed by atoms with Gasteiger partial charge in [-0.05, 0) is 42.6 Å². The zero-order chi connectivity index (χ0) is 17.1. The fourth-order valence-corrected chi connectivity index (χ4v) is 3.28. The monoisotopic (exact) mass is 341 g/mol. The number of esters is 1. The van der Waals surface area contributed by atoms with Crippen molar-refractivity contribution in [3.8, 4) is 0 Å². The highest BCUT2D eigenvalue weighted by Crippen LogP contribution is 2.34. The summed E-state index contributed by atoms with van der Waals surface area (Å²) < 4.78 is 6.24. The van der Waals surface area contributed by atoms with E-state index in [0.29, 0.717) is 28.2 Å². The van der Waals surface area contributed by atoms with Crippen molar-refractivity contribution in [3.63, 3.8) is 0 Å². The fourth-order valence-electron chi connectivity index (χ4n) is 2.34. The molecule has 1 aliphatic rings. The summed E-state index contributed by atoms with van der Waals surface area (Å²) >= 11 is 0.946. The molecule has 0 N–H and O–H groups in total. The van der Waals surface area contributed by atoms with Gasteiger partial charge in [0.2, 0.25) is 0 Å². The third kappa shape index (κ3) is 2.92. The van der Waals surface area contributed by atoms with Gasteiger partial charge in [0, 0.05) is 4.90 Å². The summed E-state index contributed by atoms with van der Waals surface area (Å²) in [5, 5.41) is 0. The Morgan fingerprint density at radius 2 is 1.58 bits per heavy atom. The molecule has 2 amide bonds. The van der Waals surface area contributed by atoms with Crippen LogP contribution in [0.15, 0.2) is 53.4 Å². The van der Waals surface area contributed by atoms with Gasteiger partial charge in [-0.1, -0.05) is 31.2 Å². The maximum Gasteiger partial charge on any atom is 0.339 e. The van der Waals surface area contributed by atoms with Crippen LogP contribution in [0.2, 0.25) is 0 Å². The average Bonchev–Trinajstić information content (AvgIpc) is 2.85. The van der Waals surface area contributed by atoms with Gasteiger partial charge in [0.1, 0.15) is 0 Å². The van der Waals surface area contributed by atoms with Crippen LogP contribution in [-0.2, 0) is 4.74 Å². The van der Waals surface area contributed by atoms with Crippen molar-refractivity contribution < 1.29 is 19.1 Å². The molecule has 0 aromatic heterocycles. The number of carbonyl (C=O) groups is 3. The molecule has 1 heterocycles. The number of ether oxygens (including phenoxy) is 1. The van der Waals surface area contributed by atoms with E-state index >= 15 is 0 Å². The number of imide groups is 1. The first-order chi connectivity index (χ1) is 11.6. The van der Waals surface area contributed by atoms with E-state index in [9.17, 15) is 14.4 Å². The Balaban J connectivity index is 1.87. The first-order valence-electron chi connectivity index (χ1n) is 7.55. The molecule has 122 valence electrons. The number of benzene rings is 2. The molecule has 3 rings (SSSR count). The molecule has 1 aliphatic heterocycles. The smallest absolute Gasteiger partial charge is 0.339 e. The summed E-state index contributed by atoms with van der Waals surface area (Å²) in [7, 11) is 0. The Kier molecular flexibility index (Phi) is 4.66. The highest BCUT2D eigenvalue weighted by Gasteiger charge is 2.36. The minimum Gasteiger partial charge on any atom is -0.462 e. The Morgan fingerprint density at radius 3 is 2.21 bits per heavy atom. The molecule has 0 bridgehead atoms. The SMILES string of the molecule is CCCOC(=O)c1ccccc1SN1C(=O)c2ccccc2C1=O. The lowest BCUT2D eigenvalue weighted by atomic mass is 10.1. The summed E-state index contributed by atoms with van der Waals surface area (Å²) in [5.41, 5.74) is 1.09. The second-order valence-corrected chi connectivity index (χ2v) is 6.16. The van der Waals surface area contributed by atoms with Gasteiger partial charge in [0.15, 0.2) is 0 Å². The quantitative estimate of drug-likeness (QED) is 0.473. The molecule has 2 aromatic rings. The van der Waals surface area contributed by atoms with E-state index in [1.807, 2.05) is 6.92 Å². The molecule has 0 spiro atoms. The van der Waals surface area contributed by atoms with Gasteiger partial charge in [-0.15, -0.1) is 0 Å². The summed E-state index contributed by atoms with van der Waals surface area (Å²) in [6.45, 7) is 2.23. The highest BCUT2D eigenvalue weighted by atomic mass is 32.2. The van der Waals surface area contributed by atoms with Crippen molar-refractivity contribution in [1.29, 1.82) is 0 Å². The van der Waals surface area contributed by atoms with E-state index in [1.54, 1.807) is 48.5 Å². The second kappa shape index (κ2) is 6.88. The van der Waals surface area contributed by atoms with Crippen molar-refractivity contribution >= 4 is 29.7 Å². The number of rotatable bonds is 5. The molecule has 6 heteroatoms. The number of amides is 2. The van der Waals surface area contributed by atoms with Crippen molar-refractivity contribution in [2.75, 3.05) is 6.61 Å². The van der Waals surface area contributed by atoms with Crippen molar-refractivity contribution in [2.24, 2.45) is 0 Å². The van der Waals surface area contributed by atoms with Gasteiger partial charge in [0.05, 0.1) is 23.3 Å². The number of nitrogens with zero attached hydrogens (tertiary/aromatic N) is 1. The van der Waals surface area contributed by atoms with Gasteiger partial charge in [-0.3, -0.25) is 9.59 Å². The Hall–Kier alpha value is -2.60. The third-order valence-electron chi connectivity index (χ3n) is 3.49. The van der Waals surface area contributed by atoms with Crippen LogP contribution < -0.4 is 0 Å². The summed E-state index contributed by atoms with van der Waals surface area (Å²) in [5.74, 6) is -1.22. The van der Waals surface area contributed by atoms with Gasteiger partial charge in [0.25, 0.3) is 11.8 Å². The first kappa shape index (κ1) is 16.3. The van der Waals surface area contributed by atoms with E-state index < -0.39 is 5.97 Å². The van der Waals surface area contributed by atoms with Crippen molar-refractivity contribution in [1.82, 2.24) is 4.31 Å². The minimum atomic E-state index is -0.462. The fraction of sp³-hybridized carbons (Fsp3) is 0.167. The largest absolute Gasteiger partial charge is 0.462 e. The predicted octanol–water partition coefficient (Wildman–Crippen LogP) is 3.56. The van der Waals surface area contributed by atoms with Crippen LogP contribution in [0.4, 0.5) is 0 Å². The van der Waals surface area contributed by atoms with Crippen molar-refractivity contribution in [3.05, 3.63) is 65.2 Å². The number of fused-ring (bicyclic) bond motifs is 1. The van der Waals surface area contributed by atoms with Crippen LogP contribution in [0.3, 0.4) is 0 Å². The van der Waals surface area contributed by atoms with E-state index in [0.717, 1.165) is 22.7 Å². The van der Waals surface area contributed by atoms with E-state index in [-0.39, 0.29) is 11.8 Å². The molecule has 0 unspecified atom stereocenters. The van der Waals surface area contributed by atoms with Gasteiger partial charge < -0.3 is 4.74 Å². The number of hydrogen-bond acceptors (Lipinski definition) is 5. The highest BCUT2D eigenvalue weighted by molar-refractivity contribution is 7.98. The molecule has 0 aliphatic carbocycles. The van der Waals surface area contributed by atoms with Crippen LogP contribution in [0.25, 0.3) is 0 Å². The lowest BCUT2D eigenvalue weighted by Crippen LogP contribution is -2.22. The molecular formula is C18H15NO4S. The Labute approximate surface area is 143 Å². The topological polar surface area (TPSA) is 63.7 Å². The molecule has 0 saturated carbocycles. The molecule has 2 aromatic carbocycles. The second-order valence-electron chi connectivity index (χ2n) is 5.17. The van der Waals surface area contributed by atoms with Gasteiger partial charge >= 0.3 is 5.97 Å². The number of hydrogen-bond donors (Lipinski definition) is 0. The maximum atomic E-state index is 12.4. The predicted molar refractivity (Wildman–Crippen MR) is 89.8 cm³/mol. The lowest BCUT2D eigenvalue weighted by Gasteiger charge is -2.14. The first-order valence-corrected chi connectivity index (χ1v) is 8.32. The Morgan fingerprint density at radius 1 is 1.00 bits per heavy atom. The van der Waals surface area contributed by atoms with Crippen LogP contribution in [-0.4, -0.2) is 28.7 Å². The Bertz CT molecular complexity index is 783. The van der Waals surface area contributed by atoms with Crippen LogP contribution >= 0.6 is 11.9 Å². The van der Waals surface area contributed by atoms with Gasteiger partial charge in [-0.2, -0.15) is 0 Å². The average molecular weight is 341 g/mol. The molecule has 0 atom stereocenters. The van der Waals surface area contributed by atoms with Crippen molar-refractivity contribution in [2.45, 2.75) is 18.2 Å². The van der Waals surface area contributed by atoms with E-state index in [1.165, 1.54) is 0 Å². The summed E-state index contributed by atoms with van der Waals surface area (Å²) in [4.78, 5) is 37.5. The van der Waals surface area contributed by atoms with Crippen LogP contribution in [0.1, 0.15) is 44.4 Å². The normalized spacial score (nSPS) is 13.1. The molecule has 0 saturated heterocycles. The molecule has 24 heavy (non-hydrogen) atoms. The molecule has 0 radical (unpaired) electrons. The standard InChI is InChI=1S/C18H15NO4S/c1-2-11-23-18(22)14-9-5-6-10-15(14)24-19-16(20)12-7-3-4-8-13(12)17(19)21/h3-10H,2,11H2,1H3. The zero-order valence-corrected chi connectivity index (χ0v) is 13.8. The summed E-state index contributed by atoms with van der Waals surface area (Å²) in [6.07, 6.45) is 0.722. The van der Waals surface area contributed by atoms with Crippen LogP contribution in [0, 0.1) is 0 Å². The lowest BCUT2D eigenvalue weighted by molar-refractivity contribution is 0.0500. The summed E-state index contributed by atoms with van der Waals surface area (Å²) in [6, 6.07) is 13.5. The van der Waals surface area contributed by atoms with E-state index in [2.05, 4.69) is 0 Å². The molecule has 0 fully saturated rings. The number of carbonyl (C=O) groups excluding carboxylic acids is 3. The van der Waals surface area contributed by atoms with Crippen LogP contribution in [0.5, 0.6) is 0 Å². The minimum absolute atomic E-state index is 0.324. The van der Waals surface area contributed by atoms with Gasteiger partial charge in [-0.25, -0.2) is 9.10 Å². The molecular weight excluding hydrogens is 326 g/mol. The third-order valence-corrected chi connectivity index (χ3v) is 4.56. The zero-order valence-electron chi connectivity index (χ0n) is 13.0. The van der Waals surface area contributed by atoms with E-state index in [4.69, 9.17) is 4.74 Å².